The molecule has 4 rings (SSSR count). The molecule has 0 radical (unpaired) electrons. The summed E-state index contributed by atoms with van der Waals surface area (Å²) in [7, 11) is 0. The van der Waals surface area contributed by atoms with Crippen LogP contribution in [0.1, 0.15) is 28.0 Å². The first-order valence-corrected chi connectivity index (χ1v) is 8.31. The van der Waals surface area contributed by atoms with Gasteiger partial charge >= 0.3 is 0 Å². The zero-order valence-electron chi connectivity index (χ0n) is 14.0. The van der Waals surface area contributed by atoms with Gasteiger partial charge in [0.15, 0.2) is 5.82 Å². The van der Waals surface area contributed by atoms with Gasteiger partial charge in [0.1, 0.15) is 23.9 Å². The van der Waals surface area contributed by atoms with E-state index in [1.165, 1.54) is 12.5 Å². The van der Waals surface area contributed by atoms with Gasteiger partial charge in [0.05, 0.1) is 37.8 Å². The summed E-state index contributed by atoms with van der Waals surface area (Å²) in [4.78, 5) is 23.4. The second kappa shape index (κ2) is 7.40. The van der Waals surface area contributed by atoms with Crippen LogP contribution in [0.15, 0.2) is 58.1 Å². The molecule has 26 heavy (non-hydrogen) atoms. The van der Waals surface area contributed by atoms with Crippen molar-refractivity contribution in [2.75, 3.05) is 25.1 Å². The lowest BCUT2D eigenvalue weighted by molar-refractivity contribution is -0.00522. The van der Waals surface area contributed by atoms with Crippen LogP contribution >= 0.6 is 0 Å². The van der Waals surface area contributed by atoms with E-state index >= 15 is 0 Å². The van der Waals surface area contributed by atoms with Crippen molar-refractivity contribution >= 4 is 11.7 Å². The highest BCUT2D eigenvalue weighted by atomic mass is 16.5. The van der Waals surface area contributed by atoms with Crippen molar-refractivity contribution < 1.29 is 18.4 Å². The van der Waals surface area contributed by atoms with Crippen molar-refractivity contribution in [1.29, 1.82) is 0 Å². The Kier molecular flexibility index (Phi) is 4.65. The maximum absolute atomic E-state index is 12.7. The Morgan fingerprint density at radius 1 is 1.31 bits per heavy atom. The van der Waals surface area contributed by atoms with Gasteiger partial charge in [-0.2, -0.15) is 0 Å². The van der Waals surface area contributed by atoms with Crippen LogP contribution in [0.25, 0.3) is 0 Å². The van der Waals surface area contributed by atoms with E-state index in [1.54, 1.807) is 29.5 Å². The Hall–Kier alpha value is -3.13. The summed E-state index contributed by atoms with van der Waals surface area (Å²) in [5.41, 5.74) is 0.504. The molecule has 3 aromatic rings. The van der Waals surface area contributed by atoms with Crippen LogP contribution < -0.4 is 5.32 Å². The van der Waals surface area contributed by atoms with Crippen LogP contribution in [-0.2, 0) is 11.3 Å². The molecule has 1 atom stereocenters. The minimum atomic E-state index is -0.350. The minimum absolute atomic E-state index is 0.121. The molecular formula is C18H18N4O4. The summed E-state index contributed by atoms with van der Waals surface area (Å²) in [5, 5.41) is 3.19. The average molecular weight is 354 g/mol. The van der Waals surface area contributed by atoms with E-state index in [1.807, 2.05) is 12.1 Å². The SMILES string of the molecule is O=C(c1ccoc1)N1CCOC[C@@H]1c1nccc(NCc2ccco2)n1. The molecule has 0 aliphatic carbocycles. The fourth-order valence-corrected chi connectivity index (χ4v) is 2.84. The smallest absolute Gasteiger partial charge is 0.257 e. The number of morpholine rings is 1. The molecule has 1 aliphatic rings. The molecule has 1 fully saturated rings. The number of nitrogens with zero attached hydrogens (tertiary/aromatic N) is 3. The van der Waals surface area contributed by atoms with Crippen molar-refractivity contribution in [3.8, 4) is 0 Å². The van der Waals surface area contributed by atoms with Gasteiger partial charge in [0.2, 0.25) is 0 Å². The number of carbonyl (C=O) groups is 1. The average Bonchev–Trinajstić information content (AvgIpc) is 3.40. The zero-order chi connectivity index (χ0) is 17.8. The van der Waals surface area contributed by atoms with Gasteiger partial charge in [0, 0.05) is 12.7 Å². The number of anilines is 1. The normalized spacial score (nSPS) is 17.2. The van der Waals surface area contributed by atoms with Gasteiger partial charge in [-0.05, 0) is 24.3 Å². The van der Waals surface area contributed by atoms with E-state index < -0.39 is 0 Å². The number of hydrogen-bond acceptors (Lipinski definition) is 7. The lowest BCUT2D eigenvalue weighted by Gasteiger charge is -2.34. The summed E-state index contributed by atoms with van der Waals surface area (Å²) in [6, 6.07) is 6.79. The first-order valence-electron chi connectivity index (χ1n) is 8.31. The maximum Gasteiger partial charge on any atom is 0.257 e. The fourth-order valence-electron chi connectivity index (χ4n) is 2.84. The highest BCUT2D eigenvalue weighted by molar-refractivity contribution is 5.94. The second-order valence-electron chi connectivity index (χ2n) is 5.83. The number of hydrogen-bond donors (Lipinski definition) is 1. The maximum atomic E-state index is 12.7. The summed E-state index contributed by atoms with van der Waals surface area (Å²) < 4.78 is 15.9. The zero-order valence-corrected chi connectivity index (χ0v) is 14.0. The summed E-state index contributed by atoms with van der Waals surface area (Å²) in [6.07, 6.45) is 6.22. The van der Waals surface area contributed by atoms with E-state index in [9.17, 15) is 4.79 Å². The van der Waals surface area contributed by atoms with E-state index in [2.05, 4.69) is 15.3 Å². The van der Waals surface area contributed by atoms with Crippen LogP contribution in [0, 0.1) is 0 Å². The van der Waals surface area contributed by atoms with Crippen molar-refractivity contribution in [2.24, 2.45) is 0 Å². The molecule has 134 valence electrons. The largest absolute Gasteiger partial charge is 0.472 e. The van der Waals surface area contributed by atoms with Crippen molar-refractivity contribution in [1.82, 2.24) is 14.9 Å². The van der Waals surface area contributed by atoms with E-state index in [0.717, 1.165) is 5.76 Å². The van der Waals surface area contributed by atoms with E-state index in [0.29, 0.717) is 43.5 Å². The van der Waals surface area contributed by atoms with Crippen LogP contribution in [0.2, 0.25) is 0 Å². The molecule has 1 aliphatic heterocycles. The van der Waals surface area contributed by atoms with Gasteiger partial charge in [-0.3, -0.25) is 4.79 Å². The van der Waals surface area contributed by atoms with Crippen LogP contribution in [0.5, 0.6) is 0 Å². The monoisotopic (exact) mass is 354 g/mol. The third-order valence-electron chi connectivity index (χ3n) is 4.15. The van der Waals surface area contributed by atoms with Crippen LogP contribution in [0.4, 0.5) is 5.82 Å². The number of furan rings is 2. The number of ether oxygens (including phenoxy) is 1. The Morgan fingerprint density at radius 2 is 2.27 bits per heavy atom. The lowest BCUT2D eigenvalue weighted by atomic mass is 10.1. The van der Waals surface area contributed by atoms with Crippen molar-refractivity contribution in [2.45, 2.75) is 12.6 Å². The standard InChI is InChI=1S/C18H18N4O4/c23-18(13-4-8-24-11-13)22-6-9-25-12-15(22)17-19-5-3-16(21-17)20-10-14-2-1-7-26-14/h1-5,7-8,11,15H,6,9-10,12H2,(H,19,20,21)/t15-/m1/s1. The number of amides is 1. The fraction of sp³-hybridized carbons (Fsp3) is 0.278. The molecule has 0 spiro atoms. The molecule has 8 nitrogen and oxygen atoms in total. The van der Waals surface area contributed by atoms with Gasteiger partial charge < -0.3 is 23.8 Å². The number of rotatable bonds is 5. The Labute approximate surface area is 149 Å². The summed E-state index contributed by atoms with van der Waals surface area (Å²) in [5.74, 6) is 1.88. The molecule has 8 heteroatoms. The molecule has 0 saturated carbocycles. The van der Waals surface area contributed by atoms with E-state index in [4.69, 9.17) is 13.6 Å². The van der Waals surface area contributed by atoms with Gasteiger partial charge in [0.25, 0.3) is 5.91 Å². The predicted octanol–water partition coefficient (Wildman–Crippen LogP) is 2.49. The topological polar surface area (TPSA) is 93.6 Å². The number of carbonyl (C=O) groups excluding carboxylic acids is 1. The Bertz CT molecular complexity index is 848. The lowest BCUT2D eigenvalue weighted by Crippen LogP contribution is -2.44. The van der Waals surface area contributed by atoms with Gasteiger partial charge in [-0.25, -0.2) is 9.97 Å². The Balaban J connectivity index is 1.52. The minimum Gasteiger partial charge on any atom is -0.472 e. The molecule has 3 aromatic heterocycles. The first kappa shape index (κ1) is 16.3. The third kappa shape index (κ3) is 3.45. The summed E-state index contributed by atoms with van der Waals surface area (Å²) >= 11 is 0. The summed E-state index contributed by atoms with van der Waals surface area (Å²) in [6.45, 7) is 1.83. The third-order valence-corrected chi connectivity index (χ3v) is 4.15. The van der Waals surface area contributed by atoms with Gasteiger partial charge in [-0.15, -0.1) is 0 Å². The Morgan fingerprint density at radius 3 is 3.08 bits per heavy atom. The second-order valence-corrected chi connectivity index (χ2v) is 5.83. The molecule has 1 saturated heterocycles. The van der Waals surface area contributed by atoms with Crippen molar-refractivity contribution in [3.05, 3.63) is 66.4 Å². The molecular weight excluding hydrogens is 336 g/mol. The molecule has 4 heterocycles. The molecule has 0 bridgehead atoms. The molecule has 1 amide bonds. The molecule has 1 N–H and O–H groups in total. The first-order chi connectivity index (χ1) is 12.8. The van der Waals surface area contributed by atoms with Gasteiger partial charge in [-0.1, -0.05) is 0 Å². The van der Waals surface area contributed by atoms with E-state index in [-0.39, 0.29) is 11.9 Å². The highest BCUT2D eigenvalue weighted by Gasteiger charge is 2.31. The molecule has 0 unspecified atom stereocenters. The van der Waals surface area contributed by atoms with Crippen molar-refractivity contribution in [3.63, 3.8) is 0 Å². The van der Waals surface area contributed by atoms with Crippen LogP contribution in [-0.4, -0.2) is 40.5 Å². The molecule has 0 aromatic carbocycles. The van der Waals surface area contributed by atoms with Crippen LogP contribution in [0.3, 0.4) is 0 Å². The number of aromatic nitrogens is 2. The number of nitrogens with one attached hydrogen (secondary N) is 1. The quantitative estimate of drug-likeness (QED) is 0.752. The highest BCUT2D eigenvalue weighted by Crippen LogP contribution is 2.24. The predicted molar refractivity (Wildman–Crippen MR) is 91.4 cm³/mol.